The fourth-order valence-electron chi connectivity index (χ4n) is 2.96. The molecule has 25 heavy (non-hydrogen) atoms. The standard InChI is InChI=1S/C18H24N2O3S2/c21-17-7-10-20(11-8-17)13-16-12-18(24-14-16)25(22,23)19-9-6-15-4-2-1-3-5-15/h1-5,12,14,17,19,21H,6-11,13H2. The number of benzene rings is 1. The summed E-state index contributed by atoms with van der Waals surface area (Å²) >= 11 is 1.27. The maximum Gasteiger partial charge on any atom is 0.250 e. The summed E-state index contributed by atoms with van der Waals surface area (Å²) in [5, 5.41) is 11.5. The highest BCUT2D eigenvalue weighted by Gasteiger charge is 2.20. The second kappa shape index (κ2) is 8.42. The highest BCUT2D eigenvalue weighted by Crippen LogP contribution is 2.22. The molecular formula is C18H24N2O3S2. The van der Waals surface area contributed by atoms with Crippen molar-refractivity contribution in [2.24, 2.45) is 0 Å². The molecule has 2 heterocycles. The van der Waals surface area contributed by atoms with Gasteiger partial charge in [-0.25, -0.2) is 13.1 Å². The van der Waals surface area contributed by atoms with Gasteiger partial charge >= 0.3 is 0 Å². The molecule has 136 valence electrons. The summed E-state index contributed by atoms with van der Waals surface area (Å²) in [7, 11) is -3.45. The molecule has 0 amide bonds. The molecular weight excluding hydrogens is 356 g/mol. The molecule has 0 unspecified atom stereocenters. The minimum Gasteiger partial charge on any atom is -0.393 e. The Kier molecular flexibility index (Phi) is 6.24. The van der Waals surface area contributed by atoms with E-state index in [0.717, 1.165) is 43.6 Å². The van der Waals surface area contributed by atoms with E-state index in [-0.39, 0.29) is 6.10 Å². The van der Waals surface area contributed by atoms with Crippen molar-refractivity contribution in [1.82, 2.24) is 9.62 Å². The largest absolute Gasteiger partial charge is 0.393 e. The van der Waals surface area contributed by atoms with Crippen LogP contribution in [0.1, 0.15) is 24.0 Å². The molecule has 3 rings (SSSR count). The second-order valence-corrected chi connectivity index (χ2v) is 9.32. The van der Waals surface area contributed by atoms with Crippen molar-refractivity contribution >= 4 is 21.4 Å². The quantitative estimate of drug-likeness (QED) is 0.773. The Morgan fingerprint density at radius 1 is 1.16 bits per heavy atom. The number of sulfonamides is 1. The Morgan fingerprint density at radius 3 is 2.60 bits per heavy atom. The zero-order valence-electron chi connectivity index (χ0n) is 14.1. The van der Waals surface area contributed by atoms with E-state index in [1.807, 2.05) is 35.7 Å². The molecule has 0 bridgehead atoms. The van der Waals surface area contributed by atoms with E-state index in [0.29, 0.717) is 17.2 Å². The van der Waals surface area contributed by atoms with Crippen molar-refractivity contribution in [1.29, 1.82) is 0 Å². The third kappa shape index (κ3) is 5.36. The molecule has 1 saturated heterocycles. The SMILES string of the molecule is O=S(=O)(NCCc1ccccc1)c1cc(CN2CCC(O)CC2)cs1. The molecule has 0 saturated carbocycles. The Morgan fingerprint density at radius 2 is 1.88 bits per heavy atom. The fraction of sp³-hybridized carbons (Fsp3) is 0.444. The van der Waals surface area contributed by atoms with Crippen molar-refractivity contribution in [2.45, 2.75) is 36.1 Å². The first-order chi connectivity index (χ1) is 12.0. The lowest BCUT2D eigenvalue weighted by Crippen LogP contribution is -2.35. The number of hydrogen-bond donors (Lipinski definition) is 2. The summed E-state index contributed by atoms with van der Waals surface area (Å²) < 4.78 is 27.9. The third-order valence-electron chi connectivity index (χ3n) is 4.41. The van der Waals surface area contributed by atoms with Gasteiger partial charge in [-0.3, -0.25) is 4.90 Å². The molecule has 0 atom stereocenters. The second-order valence-electron chi connectivity index (χ2n) is 6.41. The van der Waals surface area contributed by atoms with Crippen LogP contribution in [0.2, 0.25) is 0 Å². The van der Waals surface area contributed by atoms with Gasteiger partial charge in [-0.2, -0.15) is 0 Å². The predicted octanol–water partition coefficient (Wildman–Crippen LogP) is 2.23. The monoisotopic (exact) mass is 380 g/mol. The van der Waals surface area contributed by atoms with E-state index in [9.17, 15) is 13.5 Å². The van der Waals surface area contributed by atoms with Crippen LogP contribution in [0.25, 0.3) is 0 Å². The number of thiophene rings is 1. The molecule has 2 aromatic rings. The number of nitrogens with one attached hydrogen (secondary N) is 1. The minimum atomic E-state index is -3.45. The van der Waals surface area contributed by atoms with E-state index < -0.39 is 10.0 Å². The zero-order chi connectivity index (χ0) is 17.7. The lowest BCUT2D eigenvalue weighted by atomic mass is 10.1. The molecule has 0 spiro atoms. The molecule has 1 aliphatic rings. The molecule has 1 aromatic heterocycles. The number of aliphatic hydroxyl groups excluding tert-OH is 1. The molecule has 1 fully saturated rings. The zero-order valence-corrected chi connectivity index (χ0v) is 15.7. The van der Waals surface area contributed by atoms with Gasteiger partial charge in [0.05, 0.1) is 6.10 Å². The predicted molar refractivity (Wildman–Crippen MR) is 100 cm³/mol. The van der Waals surface area contributed by atoms with Crippen LogP contribution in [-0.4, -0.2) is 44.2 Å². The molecule has 1 aliphatic heterocycles. The van der Waals surface area contributed by atoms with Gasteiger partial charge in [0.25, 0.3) is 0 Å². The first-order valence-electron chi connectivity index (χ1n) is 8.54. The van der Waals surface area contributed by atoms with Gasteiger partial charge in [0.2, 0.25) is 10.0 Å². The van der Waals surface area contributed by atoms with Crippen LogP contribution in [0.5, 0.6) is 0 Å². The van der Waals surface area contributed by atoms with Crippen LogP contribution >= 0.6 is 11.3 Å². The van der Waals surface area contributed by atoms with Crippen molar-refractivity contribution in [3.8, 4) is 0 Å². The number of piperidine rings is 1. The minimum absolute atomic E-state index is 0.191. The van der Waals surface area contributed by atoms with Crippen molar-refractivity contribution in [3.05, 3.63) is 52.9 Å². The Labute approximate surface area is 153 Å². The molecule has 2 N–H and O–H groups in total. The summed E-state index contributed by atoms with van der Waals surface area (Å²) in [5.41, 5.74) is 2.13. The highest BCUT2D eigenvalue weighted by molar-refractivity contribution is 7.91. The first kappa shape index (κ1) is 18.5. The average Bonchev–Trinajstić information content (AvgIpc) is 3.07. The summed E-state index contributed by atoms with van der Waals surface area (Å²) in [6.07, 6.45) is 2.06. The molecule has 5 nitrogen and oxygen atoms in total. The lowest BCUT2D eigenvalue weighted by Gasteiger charge is -2.29. The number of likely N-dealkylation sites (tertiary alicyclic amines) is 1. The van der Waals surface area contributed by atoms with Crippen molar-refractivity contribution in [3.63, 3.8) is 0 Å². The van der Waals surface area contributed by atoms with E-state index >= 15 is 0 Å². The summed E-state index contributed by atoms with van der Waals surface area (Å²) in [6.45, 7) is 2.84. The van der Waals surface area contributed by atoms with Gasteiger partial charge in [-0.05, 0) is 41.8 Å². The van der Waals surface area contributed by atoms with Crippen LogP contribution in [0.3, 0.4) is 0 Å². The normalized spacial score (nSPS) is 17.0. The van der Waals surface area contributed by atoms with Gasteiger partial charge < -0.3 is 5.11 Å². The maximum atomic E-state index is 12.4. The topological polar surface area (TPSA) is 69.6 Å². The Balaban J connectivity index is 1.53. The van der Waals surface area contributed by atoms with E-state index in [4.69, 9.17) is 0 Å². The summed E-state index contributed by atoms with van der Waals surface area (Å²) in [5.74, 6) is 0. The van der Waals surface area contributed by atoms with Gasteiger partial charge in [0.15, 0.2) is 0 Å². The first-order valence-corrected chi connectivity index (χ1v) is 10.9. The van der Waals surface area contributed by atoms with E-state index in [1.165, 1.54) is 11.3 Å². The van der Waals surface area contributed by atoms with Gasteiger partial charge in [-0.1, -0.05) is 30.3 Å². The number of nitrogens with zero attached hydrogens (tertiary/aromatic N) is 1. The molecule has 1 aromatic carbocycles. The Hall–Kier alpha value is -1.25. The Bertz CT molecular complexity index is 767. The lowest BCUT2D eigenvalue weighted by molar-refractivity contribution is 0.0793. The molecule has 0 radical (unpaired) electrons. The van der Waals surface area contributed by atoms with Crippen LogP contribution in [0.15, 0.2) is 46.0 Å². The average molecular weight is 381 g/mol. The van der Waals surface area contributed by atoms with Gasteiger partial charge in [0, 0.05) is 26.2 Å². The van der Waals surface area contributed by atoms with Gasteiger partial charge in [0.1, 0.15) is 4.21 Å². The van der Waals surface area contributed by atoms with E-state index in [2.05, 4.69) is 9.62 Å². The summed E-state index contributed by atoms with van der Waals surface area (Å²) in [4.78, 5) is 2.26. The molecule has 0 aliphatic carbocycles. The van der Waals surface area contributed by atoms with Gasteiger partial charge in [-0.15, -0.1) is 11.3 Å². The van der Waals surface area contributed by atoms with E-state index in [1.54, 1.807) is 6.07 Å². The fourth-order valence-corrected chi connectivity index (χ4v) is 5.24. The van der Waals surface area contributed by atoms with Crippen LogP contribution in [0, 0.1) is 0 Å². The number of hydrogen-bond acceptors (Lipinski definition) is 5. The van der Waals surface area contributed by atoms with Crippen molar-refractivity contribution in [2.75, 3.05) is 19.6 Å². The number of aliphatic hydroxyl groups is 1. The highest BCUT2D eigenvalue weighted by atomic mass is 32.2. The molecule has 7 heteroatoms. The maximum absolute atomic E-state index is 12.4. The smallest absolute Gasteiger partial charge is 0.250 e. The van der Waals surface area contributed by atoms with Crippen molar-refractivity contribution < 1.29 is 13.5 Å². The van der Waals surface area contributed by atoms with Crippen LogP contribution < -0.4 is 4.72 Å². The number of rotatable bonds is 7. The summed E-state index contributed by atoms with van der Waals surface area (Å²) in [6, 6.07) is 11.6. The van der Waals surface area contributed by atoms with Crippen LogP contribution in [0.4, 0.5) is 0 Å². The van der Waals surface area contributed by atoms with Crippen LogP contribution in [-0.2, 0) is 23.0 Å². The third-order valence-corrected chi connectivity index (χ3v) is 7.36.